The summed E-state index contributed by atoms with van der Waals surface area (Å²) in [5, 5.41) is 11.0. The largest absolute Gasteiger partial charge is 0.379 e. The number of hydrogen-bond acceptors (Lipinski definition) is 8. The summed E-state index contributed by atoms with van der Waals surface area (Å²) in [5.41, 5.74) is 0.390. The van der Waals surface area contributed by atoms with E-state index >= 15 is 0 Å². The van der Waals surface area contributed by atoms with Crippen molar-refractivity contribution < 1.29 is 25.2 Å². The van der Waals surface area contributed by atoms with Crippen molar-refractivity contribution in [1.82, 2.24) is 10.2 Å². The molecular formula is C19H35N3O5. The highest BCUT2D eigenvalue weighted by molar-refractivity contribution is 5.95. The Balaban J connectivity index is 0.00000729. The lowest BCUT2D eigenvalue weighted by Crippen LogP contribution is -2.15. The molecule has 0 aliphatic carbocycles. The summed E-state index contributed by atoms with van der Waals surface area (Å²) in [4.78, 5) is 11.8. The number of ether oxygens (including phenoxy) is 4. The SMILES string of the molecule is CCCOCCOCCOCCOCCNc1ccc(C(=O)C(C)C)nn1.[HH]. The molecule has 0 fully saturated rings. The standard InChI is InChI=1S/C19H33N3O5.H2/c1-4-8-24-10-12-26-14-15-27-13-11-25-9-7-20-18-6-5-17(21-22-18)19(23)16(2)3;/h5-6,16H,4,7-15H2,1-3H3,(H,20,22);1H. The van der Waals surface area contributed by atoms with E-state index in [1.807, 2.05) is 13.8 Å². The lowest BCUT2D eigenvalue weighted by molar-refractivity contribution is -0.000690. The molecule has 156 valence electrons. The molecule has 0 saturated carbocycles. The Morgan fingerprint density at radius 2 is 1.48 bits per heavy atom. The second-order valence-electron chi connectivity index (χ2n) is 6.20. The van der Waals surface area contributed by atoms with Gasteiger partial charge in [-0.15, -0.1) is 10.2 Å². The smallest absolute Gasteiger partial charge is 0.185 e. The van der Waals surface area contributed by atoms with Crippen LogP contribution in [0.5, 0.6) is 0 Å². The van der Waals surface area contributed by atoms with Crippen molar-refractivity contribution in [3.63, 3.8) is 0 Å². The van der Waals surface area contributed by atoms with Crippen LogP contribution >= 0.6 is 0 Å². The van der Waals surface area contributed by atoms with Crippen molar-refractivity contribution in [1.29, 1.82) is 0 Å². The molecule has 1 N–H and O–H groups in total. The molecule has 0 aromatic carbocycles. The number of nitrogens with zero attached hydrogens (tertiary/aromatic N) is 2. The number of nitrogens with one attached hydrogen (secondary N) is 1. The summed E-state index contributed by atoms with van der Waals surface area (Å²) < 4.78 is 21.6. The fraction of sp³-hybridized carbons (Fsp3) is 0.737. The van der Waals surface area contributed by atoms with Crippen LogP contribution < -0.4 is 5.32 Å². The van der Waals surface area contributed by atoms with Crippen LogP contribution in [0.1, 0.15) is 39.1 Å². The molecule has 1 rings (SSSR count). The van der Waals surface area contributed by atoms with E-state index in [1.54, 1.807) is 12.1 Å². The van der Waals surface area contributed by atoms with Crippen molar-refractivity contribution in [2.45, 2.75) is 27.2 Å². The fourth-order valence-electron chi connectivity index (χ4n) is 2.01. The normalized spacial score (nSPS) is 11.1. The summed E-state index contributed by atoms with van der Waals surface area (Å²) >= 11 is 0. The van der Waals surface area contributed by atoms with Crippen molar-refractivity contribution in [3.8, 4) is 0 Å². The Hall–Kier alpha value is -1.61. The first-order chi connectivity index (χ1) is 13.1. The highest BCUT2D eigenvalue weighted by Gasteiger charge is 2.12. The van der Waals surface area contributed by atoms with Gasteiger partial charge in [-0.3, -0.25) is 4.79 Å². The molecule has 8 nitrogen and oxygen atoms in total. The van der Waals surface area contributed by atoms with Crippen molar-refractivity contribution in [2.24, 2.45) is 5.92 Å². The van der Waals surface area contributed by atoms with E-state index in [9.17, 15) is 4.79 Å². The average Bonchev–Trinajstić information content (AvgIpc) is 2.68. The van der Waals surface area contributed by atoms with Gasteiger partial charge in [-0.05, 0) is 18.6 Å². The third-order valence-electron chi connectivity index (χ3n) is 3.46. The molecule has 1 aromatic rings. The van der Waals surface area contributed by atoms with Gasteiger partial charge in [-0.1, -0.05) is 20.8 Å². The van der Waals surface area contributed by atoms with E-state index in [-0.39, 0.29) is 13.1 Å². The van der Waals surface area contributed by atoms with Crippen LogP contribution in [-0.2, 0) is 18.9 Å². The van der Waals surface area contributed by atoms with E-state index in [0.717, 1.165) is 13.0 Å². The predicted molar refractivity (Wildman–Crippen MR) is 105 cm³/mol. The second-order valence-corrected chi connectivity index (χ2v) is 6.20. The van der Waals surface area contributed by atoms with Gasteiger partial charge in [0.2, 0.25) is 0 Å². The zero-order valence-corrected chi connectivity index (χ0v) is 16.7. The van der Waals surface area contributed by atoms with Crippen LogP contribution in [0.4, 0.5) is 5.82 Å². The van der Waals surface area contributed by atoms with Crippen LogP contribution in [0.3, 0.4) is 0 Å². The number of anilines is 1. The number of hydrogen-bond donors (Lipinski definition) is 1. The zero-order chi connectivity index (χ0) is 19.7. The van der Waals surface area contributed by atoms with Gasteiger partial charge < -0.3 is 24.3 Å². The molecule has 1 heterocycles. The van der Waals surface area contributed by atoms with E-state index in [1.165, 1.54) is 0 Å². The molecule has 0 amide bonds. The maximum absolute atomic E-state index is 11.8. The minimum Gasteiger partial charge on any atom is -0.379 e. The van der Waals surface area contributed by atoms with Gasteiger partial charge in [0.25, 0.3) is 0 Å². The van der Waals surface area contributed by atoms with E-state index < -0.39 is 0 Å². The van der Waals surface area contributed by atoms with Gasteiger partial charge in [-0.25, -0.2) is 0 Å². The van der Waals surface area contributed by atoms with E-state index in [2.05, 4.69) is 22.4 Å². The summed E-state index contributed by atoms with van der Waals surface area (Å²) in [6.07, 6.45) is 1.03. The monoisotopic (exact) mass is 385 g/mol. The summed E-state index contributed by atoms with van der Waals surface area (Å²) in [5.74, 6) is 0.530. The van der Waals surface area contributed by atoms with Crippen molar-refractivity contribution >= 4 is 11.6 Å². The van der Waals surface area contributed by atoms with E-state index in [0.29, 0.717) is 64.3 Å². The van der Waals surface area contributed by atoms with Crippen LogP contribution in [0, 0.1) is 5.92 Å². The highest BCUT2D eigenvalue weighted by atomic mass is 16.6. The third-order valence-corrected chi connectivity index (χ3v) is 3.46. The summed E-state index contributed by atoms with van der Waals surface area (Å²) in [6, 6.07) is 3.43. The number of carbonyl (C=O) groups is 1. The predicted octanol–water partition coefficient (Wildman–Crippen LogP) is 2.45. The first kappa shape index (κ1) is 23.4. The van der Waals surface area contributed by atoms with Crippen LogP contribution in [-0.4, -0.2) is 75.4 Å². The van der Waals surface area contributed by atoms with Crippen LogP contribution in [0.15, 0.2) is 12.1 Å². The maximum Gasteiger partial charge on any atom is 0.185 e. The molecule has 0 bridgehead atoms. The van der Waals surface area contributed by atoms with Crippen molar-refractivity contribution in [3.05, 3.63) is 17.8 Å². The minimum atomic E-state index is -0.0832. The highest BCUT2D eigenvalue weighted by Crippen LogP contribution is 2.07. The fourth-order valence-corrected chi connectivity index (χ4v) is 2.01. The lowest BCUT2D eigenvalue weighted by Gasteiger charge is -2.08. The molecule has 0 aliphatic heterocycles. The molecule has 27 heavy (non-hydrogen) atoms. The first-order valence-corrected chi connectivity index (χ1v) is 9.58. The Bertz CT molecular complexity index is 503. The molecule has 0 aliphatic rings. The van der Waals surface area contributed by atoms with Gasteiger partial charge in [0.1, 0.15) is 11.5 Å². The quantitative estimate of drug-likeness (QED) is 0.323. The molecular weight excluding hydrogens is 350 g/mol. The number of ketones is 1. The zero-order valence-electron chi connectivity index (χ0n) is 16.7. The van der Waals surface area contributed by atoms with Crippen LogP contribution in [0.2, 0.25) is 0 Å². The Morgan fingerprint density at radius 1 is 0.926 bits per heavy atom. The summed E-state index contributed by atoms with van der Waals surface area (Å²) in [6.45, 7) is 11.1. The first-order valence-electron chi connectivity index (χ1n) is 9.58. The van der Waals surface area contributed by atoms with Gasteiger partial charge in [-0.2, -0.15) is 0 Å². The number of carbonyl (C=O) groups excluding carboxylic acids is 1. The Morgan fingerprint density at radius 3 is 1.96 bits per heavy atom. The Labute approximate surface area is 163 Å². The van der Waals surface area contributed by atoms with Crippen molar-refractivity contribution in [2.75, 3.05) is 64.7 Å². The van der Waals surface area contributed by atoms with Gasteiger partial charge >= 0.3 is 0 Å². The summed E-state index contributed by atoms with van der Waals surface area (Å²) in [7, 11) is 0. The molecule has 0 atom stereocenters. The molecule has 0 spiro atoms. The number of Topliss-reactive ketones (excluding diaryl/α,β-unsaturated/α-hetero) is 1. The second kappa shape index (κ2) is 15.4. The number of aromatic nitrogens is 2. The maximum atomic E-state index is 11.8. The Kier molecular flexibility index (Phi) is 13.4. The van der Waals surface area contributed by atoms with Gasteiger partial charge in [0, 0.05) is 20.5 Å². The van der Waals surface area contributed by atoms with Crippen LogP contribution in [0.25, 0.3) is 0 Å². The van der Waals surface area contributed by atoms with Gasteiger partial charge in [0.15, 0.2) is 5.78 Å². The molecule has 8 heteroatoms. The lowest BCUT2D eigenvalue weighted by atomic mass is 10.1. The third kappa shape index (κ3) is 11.7. The average molecular weight is 386 g/mol. The topological polar surface area (TPSA) is 91.8 Å². The molecule has 0 unspecified atom stereocenters. The molecule has 1 aromatic heterocycles. The molecule has 0 radical (unpaired) electrons. The minimum absolute atomic E-state index is 0. The number of rotatable bonds is 17. The van der Waals surface area contributed by atoms with E-state index in [4.69, 9.17) is 18.9 Å². The molecule has 0 saturated heterocycles. The van der Waals surface area contributed by atoms with Gasteiger partial charge in [0.05, 0.1) is 46.2 Å².